The molecule has 5 nitrogen and oxygen atoms in total. The molecule has 0 radical (unpaired) electrons. The highest BCUT2D eigenvalue weighted by Gasteiger charge is 2.41. The Bertz CT molecular complexity index is 767. The van der Waals surface area contributed by atoms with Crippen LogP contribution in [0.15, 0.2) is 29.3 Å². The number of hydrogen-bond acceptors (Lipinski definition) is 3. The summed E-state index contributed by atoms with van der Waals surface area (Å²) in [4.78, 5) is 6.95. The van der Waals surface area contributed by atoms with Crippen molar-refractivity contribution >= 4 is 15.8 Å². The SMILES string of the molecule is CCNC(=NCC(C)(C)c1cccc(C)c1)N1CCS(=O)(=O)C(C)(C)C1. The lowest BCUT2D eigenvalue weighted by molar-refractivity contribution is 0.352. The van der Waals surface area contributed by atoms with Gasteiger partial charge in [-0.05, 0) is 33.3 Å². The summed E-state index contributed by atoms with van der Waals surface area (Å²) < 4.78 is 23.8. The van der Waals surface area contributed by atoms with E-state index in [1.54, 1.807) is 13.8 Å². The first-order chi connectivity index (χ1) is 12.0. The molecule has 0 atom stereocenters. The van der Waals surface area contributed by atoms with E-state index >= 15 is 0 Å². The van der Waals surface area contributed by atoms with Gasteiger partial charge < -0.3 is 10.2 Å². The van der Waals surface area contributed by atoms with E-state index in [0.717, 1.165) is 12.5 Å². The second-order valence-electron chi connectivity index (χ2n) is 8.42. The van der Waals surface area contributed by atoms with Gasteiger partial charge in [0.2, 0.25) is 0 Å². The lowest BCUT2D eigenvalue weighted by Gasteiger charge is -2.39. The molecule has 0 bridgehead atoms. The van der Waals surface area contributed by atoms with Gasteiger partial charge in [-0.15, -0.1) is 0 Å². The molecular weight excluding hydrogens is 346 g/mol. The molecule has 1 aromatic rings. The van der Waals surface area contributed by atoms with Crippen molar-refractivity contribution in [2.24, 2.45) is 4.99 Å². The first-order valence-corrected chi connectivity index (χ1v) is 11.0. The number of sulfone groups is 1. The predicted octanol–water partition coefficient (Wildman–Crippen LogP) is 2.75. The van der Waals surface area contributed by atoms with Crippen LogP contribution in [0.1, 0.15) is 45.7 Å². The summed E-state index contributed by atoms with van der Waals surface area (Å²) >= 11 is 0. The van der Waals surface area contributed by atoms with Crippen molar-refractivity contribution in [1.29, 1.82) is 0 Å². The third-order valence-corrected chi connectivity index (χ3v) is 7.63. The fourth-order valence-corrected chi connectivity index (χ4v) is 4.55. The lowest BCUT2D eigenvalue weighted by atomic mass is 9.84. The molecule has 0 unspecified atom stereocenters. The summed E-state index contributed by atoms with van der Waals surface area (Å²) in [5, 5.41) is 3.33. The highest BCUT2D eigenvalue weighted by Crippen LogP contribution is 2.26. The van der Waals surface area contributed by atoms with Gasteiger partial charge in [0.05, 0.1) is 17.0 Å². The minimum absolute atomic E-state index is 0.0932. The van der Waals surface area contributed by atoms with Crippen molar-refractivity contribution in [1.82, 2.24) is 10.2 Å². The molecule has 26 heavy (non-hydrogen) atoms. The zero-order valence-corrected chi connectivity index (χ0v) is 17.8. The molecule has 1 heterocycles. The number of aliphatic imine (C=N–C) groups is 1. The van der Waals surface area contributed by atoms with Crippen LogP contribution >= 0.6 is 0 Å². The number of hydrogen-bond donors (Lipinski definition) is 1. The maximum Gasteiger partial charge on any atom is 0.194 e. The monoisotopic (exact) mass is 379 g/mol. The number of guanidine groups is 1. The van der Waals surface area contributed by atoms with Crippen molar-refractivity contribution in [3.05, 3.63) is 35.4 Å². The Morgan fingerprint density at radius 3 is 2.62 bits per heavy atom. The van der Waals surface area contributed by atoms with Gasteiger partial charge in [-0.3, -0.25) is 4.99 Å². The molecule has 1 aliphatic heterocycles. The summed E-state index contributed by atoms with van der Waals surface area (Å²) in [6, 6.07) is 8.54. The van der Waals surface area contributed by atoms with Crippen molar-refractivity contribution in [2.45, 2.75) is 51.7 Å². The number of rotatable bonds is 4. The van der Waals surface area contributed by atoms with Gasteiger partial charge in [0.15, 0.2) is 15.8 Å². The molecule has 1 fully saturated rings. The van der Waals surface area contributed by atoms with Crippen LogP contribution in [-0.4, -0.2) is 56.0 Å². The molecule has 0 amide bonds. The molecule has 1 aromatic carbocycles. The Balaban J connectivity index is 2.21. The van der Waals surface area contributed by atoms with Crippen molar-refractivity contribution in [2.75, 3.05) is 31.9 Å². The average molecular weight is 380 g/mol. The summed E-state index contributed by atoms with van der Waals surface area (Å²) in [7, 11) is -3.06. The first-order valence-electron chi connectivity index (χ1n) is 9.31. The summed E-state index contributed by atoms with van der Waals surface area (Å²) in [6.45, 7) is 14.5. The molecule has 1 N–H and O–H groups in total. The van der Waals surface area contributed by atoms with E-state index < -0.39 is 14.6 Å². The average Bonchev–Trinajstić information content (AvgIpc) is 2.54. The summed E-state index contributed by atoms with van der Waals surface area (Å²) in [5.41, 5.74) is 2.41. The fourth-order valence-electron chi connectivity index (χ4n) is 3.18. The highest BCUT2D eigenvalue weighted by molar-refractivity contribution is 7.92. The molecule has 1 aliphatic rings. The second-order valence-corrected chi connectivity index (χ2v) is 11.2. The lowest BCUT2D eigenvalue weighted by Crippen LogP contribution is -2.57. The molecule has 1 saturated heterocycles. The first kappa shape index (κ1) is 20.7. The van der Waals surface area contributed by atoms with Crippen molar-refractivity contribution in [3.63, 3.8) is 0 Å². The maximum absolute atomic E-state index is 12.3. The highest BCUT2D eigenvalue weighted by atomic mass is 32.2. The van der Waals surface area contributed by atoms with Crippen molar-refractivity contribution in [3.8, 4) is 0 Å². The van der Waals surface area contributed by atoms with Gasteiger partial charge in [-0.2, -0.15) is 0 Å². The largest absolute Gasteiger partial charge is 0.357 e. The number of benzene rings is 1. The van der Waals surface area contributed by atoms with Gasteiger partial charge in [-0.1, -0.05) is 43.7 Å². The van der Waals surface area contributed by atoms with Crippen LogP contribution in [0.3, 0.4) is 0 Å². The van der Waals surface area contributed by atoms with Crippen LogP contribution in [0.25, 0.3) is 0 Å². The van der Waals surface area contributed by atoms with E-state index in [1.165, 1.54) is 11.1 Å². The van der Waals surface area contributed by atoms with Gasteiger partial charge in [0.1, 0.15) is 0 Å². The Kier molecular flexibility index (Phi) is 6.06. The number of aryl methyl sites for hydroxylation is 1. The Hall–Kier alpha value is -1.56. The number of nitrogens with zero attached hydrogens (tertiary/aromatic N) is 2. The predicted molar refractivity (Wildman–Crippen MR) is 110 cm³/mol. The molecule has 0 saturated carbocycles. The Morgan fingerprint density at radius 2 is 2.04 bits per heavy atom. The third-order valence-electron chi connectivity index (χ3n) is 5.10. The smallest absolute Gasteiger partial charge is 0.194 e. The van der Waals surface area contributed by atoms with Gasteiger partial charge in [0.25, 0.3) is 0 Å². The van der Waals surface area contributed by atoms with E-state index in [0.29, 0.717) is 19.6 Å². The summed E-state index contributed by atoms with van der Waals surface area (Å²) in [5.74, 6) is 0.974. The van der Waals surface area contributed by atoms with Gasteiger partial charge >= 0.3 is 0 Å². The van der Waals surface area contributed by atoms with Crippen LogP contribution in [0.2, 0.25) is 0 Å². The molecule has 0 spiro atoms. The zero-order valence-electron chi connectivity index (χ0n) is 17.0. The van der Waals surface area contributed by atoms with Crippen LogP contribution in [0.4, 0.5) is 0 Å². The van der Waals surface area contributed by atoms with E-state index in [9.17, 15) is 8.42 Å². The van der Waals surface area contributed by atoms with Crippen LogP contribution < -0.4 is 5.32 Å². The fraction of sp³-hybridized carbons (Fsp3) is 0.650. The van der Waals surface area contributed by atoms with Crippen LogP contribution in [0, 0.1) is 6.92 Å². The van der Waals surface area contributed by atoms with E-state index in [-0.39, 0.29) is 11.2 Å². The number of nitrogens with one attached hydrogen (secondary N) is 1. The van der Waals surface area contributed by atoms with Crippen molar-refractivity contribution < 1.29 is 8.42 Å². The van der Waals surface area contributed by atoms with E-state index in [4.69, 9.17) is 4.99 Å². The molecule has 0 aliphatic carbocycles. The van der Waals surface area contributed by atoms with Crippen LogP contribution in [0.5, 0.6) is 0 Å². The Labute approximate surface area is 158 Å². The van der Waals surface area contributed by atoms with Gasteiger partial charge in [0, 0.05) is 25.0 Å². The van der Waals surface area contributed by atoms with E-state index in [1.807, 2.05) is 6.92 Å². The minimum Gasteiger partial charge on any atom is -0.357 e. The second kappa shape index (κ2) is 7.59. The molecule has 2 rings (SSSR count). The zero-order chi connectivity index (χ0) is 19.6. The van der Waals surface area contributed by atoms with Crippen LogP contribution in [-0.2, 0) is 15.3 Å². The topological polar surface area (TPSA) is 61.8 Å². The molecule has 146 valence electrons. The quantitative estimate of drug-likeness (QED) is 0.645. The molecular formula is C20H33N3O2S. The standard InChI is InChI=1S/C20H33N3O2S/c1-7-21-18(23-11-12-26(24,25)20(5,6)15-23)22-14-19(3,4)17-10-8-9-16(2)13-17/h8-10,13H,7,11-12,14-15H2,1-6H3,(H,21,22). The molecule has 0 aromatic heterocycles. The van der Waals surface area contributed by atoms with Gasteiger partial charge in [-0.25, -0.2) is 8.42 Å². The maximum atomic E-state index is 12.3. The molecule has 6 heteroatoms. The Morgan fingerprint density at radius 1 is 1.35 bits per heavy atom. The van der Waals surface area contributed by atoms with E-state index in [2.05, 4.69) is 55.3 Å². The third kappa shape index (κ3) is 4.58. The summed E-state index contributed by atoms with van der Waals surface area (Å²) in [6.07, 6.45) is 0. The minimum atomic E-state index is -3.06. The normalized spacial score (nSPS) is 20.1.